The van der Waals surface area contributed by atoms with Gasteiger partial charge in [-0.2, -0.15) is 0 Å². The van der Waals surface area contributed by atoms with Gasteiger partial charge in [0.15, 0.2) is 11.6 Å². The first-order valence-corrected chi connectivity index (χ1v) is 21.1. The summed E-state index contributed by atoms with van der Waals surface area (Å²) in [6.07, 6.45) is 2.97. The Labute approximate surface area is 338 Å². The molecule has 0 N–H and O–H groups in total. The van der Waals surface area contributed by atoms with Crippen LogP contribution in [0.15, 0.2) is 72.8 Å². The molecule has 0 radical (unpaired) electrons. The van der Waals surface area contributed by atoms with Crippen LogP contribution in [0.5, 0.6) is 0 Å². The molecule has 0 aliphatic carbocycles. The summed E-state index contributed by atoms with van der Waals surface area (Å²) in [6, 6.07) is 25.5. The van der Waals surface area contributed by atoms with Crippen LogP contribution >= 0.6 is 0 Å². The van der Waals surface area contributed by atoms with Gasteiger partial charge in [-0.05, 0) is 85.7 Å². The number of aromatic nitrogens is 4. The van der Waals surface area contributed by atoms with Crippen LogP contribution in [-0.4, -0.2) is 18.8 Å². The molecule has 8 heterocycles. The molecule has 4 aromatic heterocycles. The SMILES string of the molecule is CC.CC(C)(C)c1cc2ccccc2c2nc3c(F)c4c(c(F)c3n12)C1CCC4O1.CC(C)(C)c1cc2ccccc2c2nc3cc4c(cc3n12)C1(C)CCC4(C)O1. The van der Waals surface area contributed by atoms with E-state index in [1.165, 1.54) is 33.1 Å². The van der Waals surface area contributed by atoms with Crippen molar-refractivity contribution in [3.05, 3.63) is 118 Å². The highest BCUT2D eigenvalue weighted by Gasteiger charge is 2.54. The number of ether oxygens (including phenoxy) is 2. The Balaban J connectivity index is 0.000000135. The zero-order valence-electron chi connectivity index (χ0n) is 35.3. The second kappa shape index (κ2) is 12.3. The van der Waals surface area contributed by atoms with Gasteiger partial charge in [0.05, 0.1) is 34.4 Å². The van der Waals surface area contributed by atoms with Gasteiger partial charge >= 0.3 is 0 Å². The van der Waals surface area contributed by atoms with Gasteiger partial charge in [-0.1, -0.05) is 104 Å². The number of fused-ring (bicyclic) bond motifs is 20. The van der Waals surface area contributed by atoms with Crippen LogP contribution in [0.4, 0.5) is 8.78 Å². The summed E-state index contributed by atoms with van der Waals surface area (Å²) in [5.41, 5.74) is 9.36. The van der Waals surface area contributed by atoms with Gasteiger partial charge in [0.1, 0.15) is 22.3 Å². The van der Waals surface area contributed by atoms with Crippen molar-refractivity contribution >= 4 is 54.9 Å². The Morgan fingerprint density at radius 2 is 1.16 bits per heavy atom. The molecule has 298 valence electrons. The largest absolute Gasteiger partial charge is 0.365 e. The van der Waals surface area contributed by atoms with Crippen LogP contribution in [0.1, 0.15) is 141 Å². The maximum Gasteiger partial charge on any atom is 0.157 e. The molecule has 8 heteroatoms. The van der Waals surface area contributed by atoms with E-state index in [0.29, 0.717) is 16.8 Å². The first-order valence-electron chi connectivity index (χ1n) is 21.1. The van der Waals surface area contributed by atoms with Crippen molar-refractivity contribution in [1.29, 1.82) is 0 Å². The summed E-state index contributed by atoms with van der Waals surface area (Å²) in [6.45, 7) is 21.6. The maximum atomic E-state index is 15.8. The van der Waals surface area contributed by atoms with Crippen LogP contribution in [-0.2, 0) is 31.5 Å². The van der Waals surface area contributed by atoms with E-state index >= 15 is 8.78 Å². The number of hydrogen-bond acceptors (Lipinski definition) is 4. The lowest BCUT2D eigenvalue weighted by Gasteiger charge is -2.24. The molecule has 6 nitrogen and oxygen atoms in total. The molecule has 0 amide bonds. The monoisotopic (exact) mass is 778 g/mol. The number of pyridine rings is 2. The predicted molar refractivity (Wildman–Crippen MR) is 230 cm³/mol. The van der Waals surface area contributed by atoms with Crippen LogP contribution in [0, 0.1) is 11.6 Å². The van der Waals surface area contributed by atoms with Gasteiger partial charge in [-0.15, -0.1) is 0 Å². The Hall–Kier alpha value is -4.92. The minimum absolute atomic E-state index is 0.0142. The summed E-state index contributed by atoms with van der Waals surface area (Å²) in [5, 5.41) is 4.38. The van der Waals surface area contributed by atoms with Crippen LogP contribution in [0.25, 0.3) is 54.9 Å². The van der Waals surface area contributed by atoms with Gasteiger partial charge in [-0.25, -0.2) is 18.7 Å². The van der Waals surface area contributed by atoms with Crippen molar-refractivity contribution in [2.75, 3.05) is 0 Å². The number of benzene rings is 4. The third kappa shape index (κ3) is 5.06. The molecule has 4 aliphatic heterocycles. The van der Waals surface area contributed by atoms with Crippen LogP contribution in [0.2, 0.25) is 0 Å². The summed E-state index contributed by atoms with van der Waals surface area (Å²) in [5.74, 6) is -0.807. The topological polar surface area (TPSA) is 53.1 Å². The average molecular weight is 779 g/mol. The second-order valence-corrected chi connectivity index (χ2v) is 19.1. The number of halogens is 2. The highest BCUT2D eigenvalue weighted by Crippen LogP contribution is 2.59. The van der Waals surface area contributed by atoms with Gasteiger partial charge in [0.2, 0.25) is 0 Å². The van der Waals surface area contributed by atoms with Crippen molar-refractivity contribution in [2.45, 2.75) is 129 Å². The van der Waals surface area contributed by atoms with E-state index in [-0.39, 0.29) is 51.1 Å². The molecule has 4 unspecified atom stereocenters. The predicted octanol–water partition coefficient (Wildman–Crippen LogP) is 13.3. The Bertz CT molecular complexity index is 3040. The van der Waals surface area contributed by atoms with Crippen molar-refractivity contribution < 1.29 is 18.3 Å². The van der Waals surface area contributed by atoms with Crippen molar-refractivity contribution in [1.82, 2.24) is 18.8 Å². The average Bonchev–Trinajstić information content (AvgIpc) is 4.05. The Kier molecular flexibility index (Phi) is 7.93. The first-order chi connectivity index (χ1) is 27.6. The molecule has 12 rings (SSSR count). The molecule has 8 aromatic rings. The van der Waals surface area contributed by atoms with Crippen molar-refractivity contribution in [3.63, 3.8) is 0 Å². The Morgan fingerprint density at radius 1 is 0.655 bits per heavy atom. The quantitative estimate of drug-likeness (QED) is 0.154. The van der Waals surface area contributed by atoms with Gasteiger partial charge in [0.25, 0.3) is 0 Å². The molecule has 0 saturated carbocycles. The normalized spacial score (nSPS) is 23.2. The zero-order chi connectivity index (χ0) is 40.8. The minimum Gasteiger partial charge on any atom is -0.365 e. The number of hydrogen-bond donors (Lipinski definition) is 0. The lowest BCUT2D eigenvalue weighted by molar-refractivity contribution is -0.0661. The third-order valence-corrected chi connectivity index (χ3v) is 13.2. The molecule has 4 aliphatic rings. The highest BCUT2D eigenvalue weighted by molar-refractivity contribution is 6.00. The molecule has 4 bridgehead atoms. The summed E-state index contributed by atoms with van der Waals surface area (Å²) >= 11 is 0. The first kappa shape index (κ1) is 37.4. The highest BCUT2D eigenvalue weighted by atomic mass is 19.1. The van der Waals surface area contributed by atoms with E-state index in [0.717, 1.165) is 53.3 Å². The van der Waals surface area contributed by atoms with E-state index in [4.69, 9.17) is 14.5 Å². The molecule has 58 heavy (non-hydrogen) atoms. The van der Waals surface area contributed by atoms with Gasteiger partial charge < -0.3 is 9.47 Å². The minimum atomic E-state index is -0.425. The van der Waals surface area contributed by atoms with E-state index in [2.05, 4.69) is 113 Å². The van der Waals surface area contributed by atoms with E-state index in [1.54, 1.807) is 0 Å². The van der Waals surface area contributed by atoms with E-state index in [1.807, 2.05) is 42.5 Å². The molecule has 2 fully saturated rings. The van der Waals surface area contributed by atoms with Crippen LogP contribution in [0.3, 0.4) is 0 Å². The van der Waals surface area contributed by atoms with Gasteiger partial charge in [-0.3, -0.25) is 8.80 Å². The molecular weight excluding hydrogens is 727 g/mol. The van der Waals surface area contributed by atoms with Crippen molar-refractivity contribution in [3.8, 4) is 0 Å². The molecule has 4 atom stereocenters. The fourth-order valence-electron chi connectivity index (χ4n) is 10.4. The smallest absolute Gasteiger partial charge is 0.157 e. The van der Waals surface area contributed by atoms with E-state index in [9.17, 15) is 0 Å². The van der Waals surface area contributed by atoms with Gasteiger partial charge in [0, 0.05) is 44.1 Å². The maximum absolute atomic E-state index is 15.8. The lowest BCUT2D eigenvalue weighted by Crippen LogP contribution is -2.18. The van der Waals surface area contributed by atoms with Crippen molar-refractivity contribution in [2.24, 2.45) is 0 Å². The van der Waals surface area contributed by atoms with E-state index < -0.39 is 5.82 Å². The standard InChI is InChI=1S/C25H26N2O.C23H20F2N2O.C2H6/c1-23(2,3)21-12-15-8-6-7-9-16(15)22-26-19-13-17-18(14-20(19)27(21)22)25(5)11-10-24(17,4)28-25;1-23(2,3)15-10-11-6-4-5-7-12(11)22-26-20-18(24)16-13-8-9-14(28-13)17(16)19(25)21(20)27(15)22;1-2/h6-9,12-14H,10-11H2,1-5H3;4-7,10,13-14H,8-9H2,1-3H3;1-2H3. The summed E-state index contributed by atoms with van der Waals surface area (Å²) < 4.78 is 47.9. The fourth-order valence-corrected chi connectivity index (χ4v) is 10.4. The Morgan fingerprint density at radius 3 is 1.72 bits per heavy atom. The molecule has 2 saturated heterocycles. The molecule has 0 spiro atoms. The molecule has 4 aromatic carbocycles. The zero-order valence-corrected chi connectivity index (χ0v) is 35.3. The summed E-state index contributed by atoms with van der Waals surface area (Å²) in [7, 11) is 0. The summed E-state index contributed by atoms with van der Waals surface area (Å²) in [4.78, 5) is 9.77. The molecular formula is C50H52F2N4O2. The fraction of sp³-hybridized carbons (Fsp3) is 0.400. The third-order valence-electron chi connectivity index (χ3n) is 13.2. The lowest BCUT2D eigenvalue weighted by atomic mass is 9.78. The number of nitrogens with zero attached hydrogens (tertiary/aromatic N) is 4. The number of rotatable bonds is 0. The van der Waals surface area contributed by atoms with Crippen LogP contribution < -0.4 is 0 Å². The number of imidazole rings is 2. The second-order valence-electron chi connectivity index (χ2n) is 19.1.